The van der Waals surface area contributed by atoms with Crippen molar-refractivity contribution in [3.63, 3.8) is 0 Å². The number of methoxy groups -OCH3 is 1. The molecule has 0 aromatic rings. The first-order valence-electron chi connectivity index (χ1n) is 14.3. The van der Waals surface area contributed by atoms with Crippen LogP contribution in [0.2, 0.25) is 0 Å². The van der Waals surface area contributed by atoms with E-state index in [1.165, 1.54) is 13.3 Å². The number of aliphatic hydroxyl groups is 5. The summed E-state index contributed by atoms with van der Waals surface area (Å²) in [4.78, 5) is 50.1. The predicted molar refractivity (Wildman–Crippen MR) is 150 cm³/mol. The number of phosphoric ester groups is 2. The number of ether oxygens (including phenoxy) is 5. The monoisotopic (exact) mass is 735 g/mol. The zero-order chi connectivity index (χ0) is 35.6. The highest BCUT2D eigenvalue weighted by molar-refractivity contribution is 7.59. The topological polar surface area (TPSA) is 317 Å². The highest BCUT2D eigenvalue weighted by Gasteiger charge is 2.48. The Morgan fingerprint density at radius 1 is 1.00 bits per heavy atom. The van der Waals surface area contributed by atoms with Gasteiger partial charge in [-0.2, -0.15) is 0 Å². The minimum Gasteiger partial charge on any atom is -0.756 e. The largest absolute Gasteiger partial charge is 0.756 e. The van der Waals surface area contributed by atoms with Gasteiger partial charge in [0.05, 0.1) is 46.2 Å². The summed E-state index contributed by atoms with van der Waals surface area (Å²) in [6.07, 6.45) is -12.1. The molecule has 2 fully saturated rings. The summed E-state index contributed by atoms with van der Waals surface area (Å²) >= 11 is 0. The van der Waals surface area contributed by atoms with Crippen LogP contribution >= 0.6 is 15.6 Å². The second-order valence-electron chi connectivity index (χ2n) is 10.4. The fourth-order valence-corrected chi connectivity index (χ4v) is 6.58. The number of nitrogens with one attached hydrogen (secondary N) is 2. The maximum Gasteiger partial charge on any atom is 0.276 e. The number of aliphatic hydroxyl groups excluding tert-OH is 5. The minimum absolute atomic E-state index is 0.0315. The van der Waals surface area contributed by atoms with Crippen LogP contribution in [0.15, 0.2) is 24.7 Å². The molecule has 0 aromatic heterocycles. The quantitative estimate of drug-likeness (QED) is 0.0482. The molecule has 0 bridgehead atoms. The highest BCUT2D eigenvalue weighted by Crippen LogP contribution is 2.57. The first-order valence-corrected chi connectivity index (χ1v) is 17.2. The van der Waals surface area contributed by atoms with Gasteiger partial charge in [0.15, 0.2) is 12.5 Å². The number of carbonyl (C=O) groups is 2. The van der Waals surface area contributed by atoms with E-state index in [1.807, 2.05) is 0 Å². The Balaban J connectivity index is 1.56. The second kappa shape index (κ2) is 18.4. The fraction of sp³-hybridized carbons (Fsp3) is 0.750. The number of carbonyl (C=O) groups excluding carboxylic acids is 2. The van der Waals surface area contributed by atoms with E-state index in [4.69, 9.17) is 23.7 Å². The third-order valence-corrected chi connectivity index (χ3v) is 9.42. The van der Waals surface area contributed by atoms with E-state index >= 15 is 0 Å². The molecular formula is C24H39N3O19P2-2. The average molecular weight is 736 g/mol. The minimum atomic E-state index is -6.00. The van der Waals surface area contributed by atoms with Gasteiger partial charge >= 0.3 is 0 Å². The number of amides is 2. The fourth-order valence-electron chi connectivity index (χ4n) is 4.49. The van der Waals surface area contributed by atoms with Gasteiger partial charge in [-0.05, 0) is 0 Å². The van der Waals surface area contributed by atoms with Crippen LogP contribution in [0.4, 0.5) is 0 Å². The molecule has 0 aliphatic carbocycles. The second-order valence-corrected chi connectivity index (χ2v) is 13.3. The van der Waals surface area contributed by atoms with Crippen LogP contribution in [0.1, 0.15) is 6.42 Å². The molecular weight excluding hydrogens is 696 g/mol. The lowest BCUT2D eigenvalue weighted by molar-refractivity contribution is -0.285. The lowest BCUT2D eigenvalue weighted by Gasteiger charge is -2.44. The van der Waals surface area contributed by atoms with Crippen molar-refractivity contribution in [3.8, 4) is 0 Å². The van der Waals surface area contributed by atoms with E-state index in [-0.39, 0.29) is 32.1 Å². The van der Waals surface area contributed by atoms with E-state index in [0.717, 1.165) is 11.0 Å². The van der Waals surface area contributed by atoms with Gasteiger partial charge in [0.1, 0.15) is 48.5 Å². The Morgan fingerprint density at radius 3 is 2.29 bits per heavy atom. The highest BCUT2D eigenvalue weighted by atomic mass is 31.3. The van der Waals surface area contributed by atoms with E-state index in [9.17, 15) is 54.0 Å². The van der Waals surface area contributed by atoms with E-state index in [2.05, 4.69) is 30.6 Å². The maximum atomic E-state index is 12.6. The molecule has 48 heavy (non-hydrogen) atoms. The summed E-state index contributed by atoms with van der Waals surface area (Å²) in [5, 5.41) is 55.5. The molecule has 3 aliphatic rings. The van der Waals surface area contributed by atoms with Crippen molar-refractivity contribution in [2.75, 3.05) is 53.4 Å². The third-order valence-electron chi connectivity index (χ3n) is 6.89. The SMILES string of the molecule is C=C1NC(=O)C=CN1C1OC(COP(=O)([O-])OP(=O)([O-])O[C@@H]2OC(CO)[C@H](O)C(O)[C@H]2NC(=O)CCOCCOCCOC)C(O)C1O. The van der Waals surface area contributed by atoms with Gasteiger partial charge in [0, 0.05) is 25.8 Å². The van der Waals surface area contributed by atoms with Crippen molar-refractivity contribution in [2.45, 2.75) is 61.6 Å². The Hall–Kier alpha value is -1.92. The van der Waals surface area contributed by atoms with Gasteiger partial charge in [-0.25, -0.2) is 4.31 Å². The summed E-state index contributed by atoms with van der Waals surface area (Å²) in [6, 6.07) is -1.82. The number of phosphoric acid groups is 2. The van der Waals surface area contributed by atoms with Crippen molar-refractivity contribution in [3.05, 3.63) is 24.7 Å². The van der Waals surface area contributed by atoms with Crippen molar-refractivity contribution in [1.82, 2.24) is 15.5 Å². The van der Waals surface area contributed by atoms with Gasteiger partial charge < -0.3 is 79.1 Å². The number of hydrogen-bond donors (Lipinski definition) is 7. The summed E-state index contributed by atoms with van der Waals surface area (Å²) in [5.41, 5.74) is 0. The maximum absolute atomic E-state index is 12.6. The molecule has 0 saturated carbocycles. The lowest BCUT2D eigenvalue weighted by atomic mass is 9.97. The summed E-state index contributed by atoms with van der Waals surface area (Å²) in [6.45, 7) is 2.47. The Labute approximate surface area is 273 Å². The number of nitrogens with zero attached hydrogens (tertiary/aromatic N) is 1. The lowest BCUT2D eigenvalue weighted by Crippen LogP contribution is -2.64. The van der Waals surface area contributed by atoms with E-state index in [1.54, 1.807) is 0 Å². The van der Waals surface area contributed by atoms with E-state index < -0.39 is 95.9 Å². The van der Waals surface area contributed by atoms with Crippen LogP contribution in [0, 0.1) is 0 Å². The average Bonchev–Trinajstić information content (AvgIpc) is 3.29. The van der Waals surface area contributed by atoms with Crippen molar-refractivity contribution < 1.29 is 91.1 Å². The smallest absolute Gasteiger partial charge is 0.276 e. The van der Waals surface area contributed by atoms with Crippen molar-refractivity contribution >= 4 is 27.5 Å². The Morgan fingerprint density at radius 2 is 1.65 bits per heavy atom. The molecule has 0 radical (unpaired) electrons. The van der Waals surface area contributed by atoms with Crippen LogP contribution in [0.25, 0.3) is 0 Å². The molecule has 0 aromatic carbocycles. The molecule has 276 valence electrons. The first-order chi connectivity index (χ1) is 22.6. The molecule has 24 heteroatoms. The van der Waals surface area contributed by atoms with Gasteiger partial charge in [-0.1, -0.05) is 6.58 Å². The summed E-state index contributed by atoms with van der Waals surface area (Å²) in [5.74, 6) is -1.38. The molecule has 3 aliphatic heterocycles. The van der Waals surface area contributed by atoms with E-state index in [0.29, 0.717) is 13.2 Å². The zero-order valence-corrected chi connectivity index (χ0v) is 27.3. The van der Waals surface area contributed by atoms with Crippen molar-refractivity contribution in [2.24, 2.45) is 0 Å². The number of rotatable bonds is 19. The summed E-state index contributed by atoms with van der Waals surface area (Å²) in [7, 11) is -10.3. The number of hydrogen-bond acceptors (Lipinski definition) is 20. The molecule has 3 rings (SSSR count). The van der Waals surface area contributed by atoms with Crippen LogP contribution in [-0.2, 0) is 55.8 Å². The Bertz CT molecular complexity index is 1230. The van der Waals surface area contributed by atoms with Gasteiger partial charge in [-0.15, -0.1) is 0 Å². The van der Waals surface area contributed by atoms with Gasteiger partial charge in [-0.3, -0.25) is 23.2 Å². The van der Waals surface area contributed by atoms with Gasteiger partial charge in [0.25, 0.3) is 21.6 Å². The Kier molecular flexibility index (Phi) is 15.5. The van der Waals surface area contributed by atoms with Crippen molar-refractivity contribution in [1.29, 1.82) is 0 Å². The first kappa shape index (κ1) is 40.5. The molecule has 2 saturated heterocycles. The van der Waals surface area contributed by atoms with Crippen LogP contribution in [0.3, 0.4) is 0 Å². The molecule has 22 nitrogen and oxygen atoms in total. The van der Waals surface area contributed by atoms with Crippen LogP contribution < -0.4 is 20.4 Å². The molecule has 2 amide bonds. The zero-order valence-electron chi connectivity index (χ0n) is 25.5. The molecule has 7 N–H and O–H groups in total. The third kappa shape index (κ3) is 11.6. The van der Waals surface area contributed by atoms with Crippen LogP contribution in [-0.4, -0.2) is 151 Å². The van der Waals surface area contributed by atoms with Gasteiger partial charge in [0.2, 0.25) is 5.91 Å². The molecule has 3 heterocycles. The normalized spacial score (nSPS) is 33.2. The predicted octanol–water partition coefficient (Wildman–Crippen LogP) is -5.17. The molecule has 0 spiro atoms. The van der Waals surface area contributed by atoms with Crippen LogP contribution in [0.5, 0.6) is 0 Å². The summed E-state index contributed by atoms with van der Waals surface area (Å²) < 4.78 is 64.2. The molecule has 11 atom stereocenters. The molecule has 8 unspecified atom stereocenters. The standard InChI is InChI=1S/C24H41N3O19P2/c1-13-25-16(29)3-5-27(13)23-22(34)20(32)15(43-23)12-42-47(35,36)46-48(37,38)45-24-18(21(33)19(31)14(11-28)44-24)26-17(30)4-6-40-9-10-41-8-7-39-2/h3,5,14-15,18-24,28,31-34H,1,4,6-12H2,2H3,(H,25,29)(H,26,30)(H,35,36)(H,37,38)/p-2/t14?,15?,18-,19+,20?,21?,22?,23?,24+/m1/s1.